The van der Waals surface area contributed by atoms with Crippen LogP contribution in [0.3, 0.4) is 0 Å². The minimum atomic E-state index is -3.52. The number of nitrogens with one attached hydrogen (secondary N) is 1. The van der Waals surface area contributed by atoms with Gasteiger partial charge in [-0.3, -0.25) is 0 Å². The summed E-state index contributed by atoms with van der Waals surface area (Å²) in [4.78, 5) is 0.288. The molecule has 0 unspecified atom stereocenters. The smallest absolute Gasteiger partial charge is 0.240 e. The van der Waals surface area contributed by atoms with Gasteiger partial charge in [-0.15, -0.1) is 10.2 Å². The first-order valence-corrected chi connectivity index (χ1v) is 9.82. The Hall–Kier alpha value is -1.58. The molecule has 1 saturated carbocycles. The lowest BCUT2D eigenvalue weighted by Gasteiger charge is -2.31. The third-order valence-corrected chi connectivity index (χ3v) is 6.74. The fourth-order valence-electron chi connectivity index (χ4n) is 2.69. The van der Waals surface area contributed by atoms with E-state index in [0.29, 0.717) is 5.16 Å². The molecule has 1 aliphatic carbocycles. The lowest BCUT2D eigenvalue weighted by atomic mass is 9.96. The average molecular weight is 353 g/mol. The highest BCUT2D eigenvalue weighted by atomic mass is 32.2. The van der Waals surface area contributed by atoms with Crippen molar-refractivity contribution in [3.63, 3.8) is 0 Å². The molecule has 7 nitrogen and oxygen atoms in total. The molecule has 0 radical (unpaired) electrons. The van der Waals surface area contributed by atoms with E-state index < -0.39 is 10.0 Å². The molecule has 3 N–H and O–H groups in total. The number of rotatable bonds is 5. The van der Waals surface area contributed by atoms with Crippen molar-refractivity contribution in [2.24, 2.45) is 0 Å². The topological polar surface area (TPSA) is 103 Å². The molecule has 1 aromatic heterocycles. The molecular formula is C14H19N5O2S2. The zero-order valence-electron chi connectivity index (χ0n) is 12.5. The van der Waals surface area contributed by atoms with Crippen molar-refractivity contribution in [1.82, 2.24) is 19.6 Å². The van der Waals surface area contributed by atoms with Gasteiger partial charge in [0.2, 0.25) is 15.2 Å². The summed E-state index contributed by atoms with van der Waals surface area (Å²) in [5, 5.41) is 8.42. The second-order valence-electron chi connectivity index (χ2n) is 5.50. The molecule has 9 heteroatoms. The van der Waals surface area contributed by atoms with Crippen LogP contribution in [0.1, 0.15) is 25.7 Å². The van der Waals surface area contributed by atoms with Crippen LogP contribution in [0.15, 0.2) is 46.7 Å². The Balaban J connectivity index is 1.75. The third-order valence-electron chi connectivity index (χ3n) is 3.86. The maximum absolute atomic E-state index is 12.5. The number of hydrogen-bond donors (Lipinski definition) is 2. The Labute approximate surface area is 139 Å². The van der Waals surface area contributed by atoms with E-state index in [0.717, 1.165) is 25.7 Å². The molecule has 0 aliphatic heterocycles. The number of aromatic nitrogens is 3. The van der Waals surface area contributed by atoms with Crippen LogP contribution in [-0.4, -0.2) is 34.6 Å². The number of thioether (sulfide) groups is 1. The number of nitrogen functional groups attached to an aromatic ring is 1. The summed E-state index contributed by atoms with van der Waals surface area (Å²) in [5.74, 6) is 5.75. The van der Waals surface area contributed by atoms with Gasteiger partial charge >= 0.3 is 0 Å². The number of hydrogen-bond acceptors (Lipinski definition) is 6. The number of benzene rings is 1. The van der Waals surface area contributed by atoms with Gasteiger partial charge in [-0.1, -0.05) is 42.8 Å². The summed E-state index contributed by atoms with van der Waals surface area (Å²) >= 11 is 1.48. The molecule has 23 heavy (non-hydrogen) atoms. The SMILES string of the molecule is Nn1cnnc1S[C@@H]1CCCC[C@@H]1NS(=O)(=O)c1ccccc1. The Kier molecular flexibility index (Phi) is 4.88. The first-order chi connectivity index (χ1) is 11.1. The van der Waals surface area contributed by atoms with Gasteiger partial charge in [-0.2, -0.15) is 0 Å². The highest BCUT2D eigenvalue weighted by Gasteiger charge is 2.31. The van der Waals surface area contributed by atoms with Crippen molar-refractivity contribution in [3.8, 4) is 0 Å². The largest absolute Gasteiger partial charge is 0.336 e. The van der Waals surface area contributed by atoms with Crippen molar-refractivity contribution in [1.29, 1.82) is 0 Å². The van der Waals surface area contributed by atoms with Crippen LogP contribution in [-0.2, 0) is 10.0 Å². The van der Waals surface area contributed by atoms with E-state index >= 15 is 0 Å². The van der Waals surface area contributed by atoms with E-state index in [1.54, 1.807) is 30.3 Å². The molecule has 1 heterocycles. The molecule has 0 bridgehead atoms. The van der Waals surface area contributed by atoms with Crippen molar-refractivity contribution in [2.45, 2.75) is 47.0 Å². The highest BCUT2D eigenvalue weighted by molar-refractivity contribution is 7.99. The van der Waals surface area contributed by atoms with Crippen molar-refractivity contribution in [3.05, 3.63) is 36.7 Å². The third kappa shape index (κ3) is 3.85. The van der Waals surface area contributed by atoms with Gasteiger partial charge in [0.1, 0.15) is 6.33 Å². The molecule has 2 atom stereocenters. The molecule has 124 valence electrons. The van der Waals surface area contributed by atoms with E-state index in [4.69, 9.17) is 5.84 Å². The lowest BCUT2D eigenvalue weighted by Crippen LogP contribution is -2.43. The maximum Gasteiger partial charge on any atom is 0.240 e. The predicted octanol–water partition coefficient (Wildman–Crippen LogP) is 1.37. The second kappa shape index (κ2) is 6.90. The number of sulfonamides is 1. The summed E-state index contributed by atoms with van der Waals surface area (Å²) in [7, 11) is -3.52. The van der Waals surface area contributed by atoms with E-state index in [2.05, 4.69) is 14.9 Å². The maximum atomic E-state index is 12.5. The van der Waals surface area contributed by atoms with E-state index in [-0.39, 0.29) is 16.2 Å². The zero-order chi connectivity index (χ0) is 16.3. The zero-order valence-corrected chi connectivity index (χ0v) is 14.1. The number of nitrogens with two attached hydrogens (primary N) is 1. The Morgan fingerprint density at radius 3 is 2.65 bits per heavy atom. The van der Waals surface area contributed by atoms with Gasteiger partial charge in [0, 0.05) is 11.3 Å². The van der Waals surface area contributed by atoms with Gasteiger partial charge < -0.3 is 5.84 Å². The summed E-state index contributed by atoms with van der Waals surface area (Å²) in [6.45, 7) is 0. The minimum Gasteiger partial charge on any atom is -0.336 e. The van der Waals surface area contributed by atoms with Crippen molar-refractivity contribution < 1.29 is 8.42 Å². The van der Waals surface area contributed by atoms with E-state index in [1.165, 1.54) is 22.8 Å². The van der Waals surface area contributed by atoms with Gasteiger partial charge in [0.25, 0.3) is 0 Å². The van der Waals surface area contributed by atoms with Crippen LogP contribution in [0.2, 0.25) is 0 Å². The Morgan fingerprint density at radius 2 is 1.96 bits per heavy atom. The second-order valence-corrected chi connectivity index (χ2v) is 8.42. The van der Waals surface area contributed by atoms with Gasteiger partial charge in [0.05, 0.1) is 4.90 Å². The molecule has 1 fully saturated rings. The Morgan fingerprint density at radius 1 is 1.22 bits per heavy atom. The van der Waals surface area contributed by atoms with Gasteiger partial charge in [0.15, 0.2) is 0 Å². The summed E-state index contributed by atoms with van der Waals surface area (Å²) in [6, 6.07) is 8.30. The van der Waals surface area contributed by atoms with Gasteiger partial charge in [-0.05, 0) is 25.0 Å². The summed E-state index contributed by atoms with van der Waals surface area (Å²) < 4.78 is 29.3. The van der Waals surface area contributed by atoms with Crippen LogP contribution < -0.4 is 10.6 Å². The average Bonchev–Trinajstić information content (AvgIpc) is 2.95. The van der Waals surface area contributed by atoms with E-state index in [9.17, 15) is 8.42 Å². The van der Waals surface area contributed by atoms with E-state index in [1.807, 2.05) is 0 Å². The lowest BCUT2D eigenvalue weighted by molar-refractivity contribution is 0.422. The molecule has 1 aliphatic rings. The molecule has 0 saturated heterocycles. The predicted molar refractivity (Wildman–Crippen MR) is 88.8 cm³/mol. The van der Waals surface area contributed by atoms with Gasteiger partial charge in [-0.25, -0.2) is 17.8 Å². The Bertz CT molecular complexity index is 748. The molecule has 1 aromatic carbocycles. The quantitative estimate of drug-likeness (QED) is 0.787. The molecular weight excluding hydrogens is 334 g/mol. The standard InChI is InChI=1S/C14H19N5O2S2/c15-19-10-16-17-14(19)22-13-9-5-4-8-12(13)18-23(20,21)11-6-2-1-3-7-11/h1-3,6-7,10,12-13,18H,4-5,8-9,15H2/t12-,13+/m0/s1. The van der Waals surface area contributed by atoms with Crippen LogP contribution in [0.5, 0.6) is 0 Å². The first kappa shape index (κ1) is 16.3. The molecule has 0 spiro atoms. The fourth-order valence-corrected chi connectivity index (χ4v) is 5.30. The summed E-state index contributed by atoms with van der Waals surface area (Å²) in [5.41, 5.74) is 0. The van der Waals surface area contributed by atoms with Crippen molar-refractivity contribution >= 4 is 21.8 Å². The van der Waals surface area contributed by atoms with Crippen LogP contribution >= 0.6 is 11.8 Å². The van der Waals surface area contributed by atoms with Crippen molar-refractivity contribution in [2.75, 3.05) is 5.84 Å². The minimum absolute atomic E-state index is 0.0914. The van der Waals surface area contributed by atoms with Crippen LogP contribution in [0.25, 0.3) is 0 Å². The highest BCUT2D eigenvalue weighted by Crippen LogP contribution is 2.33. The molecule has 2 aromatic rings. The number of nitrogens with zero attached hydrogens (tertiary/aromatic N) is 3. The summed E-state index contributed by atoms with van der Waals surface area (Å²) in [6.07, 6.45) is 5.24. The van der Waals surface area contributed by atoms with Crippen LogP contribution in [0.4, 0.5) is 0 Å². The fraction of sp³-hybridized carbons (Fsp3) is 0.429. The van der Waals surface area contributed by atoms with Crippen LogP contribution in [0, 0.1) is 0 Å². The normalized spacial score (nSPS) is 22.1. The molecule has 3 rings (SSSR count). The molecule has 0 amide bonds. The monoisotopic (exact) mass is 353 g/mol. The first-order valence-electron chi connectivity index (χ1n) is 7.45.